The predicted molar refractivity (Wildman–Crippen MR) is 74.2 cm³/mol. The van der Waals surface area contributed by atoms with E-state index in [9.17, 15) is 0 Å². The Kier molecular flexibility index (Phi) is 3.19. The molecule has 1 aliphatic heterocycles. The van der Waals surface area contributed by atoms with E-state index in [0.29, 0.717) is 5.92 Å². The number of rotatable bonds is 2. The SMILES string of the molecule is Cc1cc(N2CCCC(c3nncn3C)C2)ccn1. The van der Waals surface area contributed by atoms with E-state index in [1.54, 1.807) is 6.33 Å². The fourth-order valence-corrected chi connectivity index (χ4v) is 2.81. The number of hydrogen-bond acceptors (Lipinski definition) is 4. The fraction of sp³-hybridized carbons (Fsp3) is 0.500. The highest BCUT2D eigenvalue weighted by Crippen LogP contribution is 2.28. The maximum atomic E-state index is 4.26. The van der Waals surface area contributed by atoms with E-state index in [2.05, 4.69) is 32.2 Å². The molecule has 0 spiro atoms. The predicted octanol–water partition coefficient (Wildman–Crippen LogP) is 1.90. The molecule has 0 radical (unpaired) electrons. The molecule has 2 aromatic rings. The van der Waals surface area contributed by atoms with Crippen molar-refractivity contribution < 1.29 is 0 Å². The normalized spacial score (nSPS) is 19.7. The van der Waals surface area contributed by atoms with E-state index in [1.807, 2.05) is 24.7 Å². The summed E-state index contributed by atoms with van der Waals surface area (Å²) in [5, 5.41) is 8.25. The van der Waals surface area contributed by atoms with Crippen LogP contribution in [0.1, 0.15) is 30.3 Å². The molecule has 0 aromatic carbocycles. The first-order chi connectivity index (χ1) is 9.24. The molecule has 1 aliphatic rings. The summed E-state index contributed by atoms with van der Waals surface area (Å²) in [6.45, 7) is 4.15. The minimum Gasteiger partial charge on any atom is -0.371 e. The van der Waals surface area contributed by atoms with E-state index in [-0.39, 0.29) is 0 Å². The summed E-state index contributed by atoms with van der Waals surface area (Å²) in [6, 6.07) is 4.24. The lowest BCUT2D eigenvalue weighted by molar-refractivity contribution is 0.480. The van der Waals surface area contributed by atoms with Gasteiger partial charge in [0.15, 0.2) is 0 Å². The molecule has 1 atom stereocenters. The van der Waals surface area contributed by atoms with Crippen molar-refractivity contribution in [2.45, 2.75) is 25.7 Å². The Balaban J connectivity index is 1.80. The summed E-state index contributed by atoms with van der Waals surface area (Å²) in [6.07, 6.45) is 6.05. The van der Waals surface area contributed by atoms with Gasteiger partial charge >= 0.3 is 0 Å². The average molecular weight is 257 g/mol. The van der Waals surface area contributed by atoms with E-state index in [0.717, 1.165) is 24.6 Å². The summed E-state index contributed by atoms with van der Waals surface area (Å²) in [5.41, 5.74) is 2.33. The van der Waals surface area contributed by atoms with Crippen molar-refractivity contribution >= 4 is 5.69 Å². The van der Waals surface area contributed by atoms with E-state index >= 15 is 0 Å². The van der Waals surface area contributed by atoms with Crippen molar-refractivity contribution in [3.8, 4) is 0 Å². The molecule has 0 aliphatic carbocycles. The van der Waals surface area contributed by atoms with Crippen LogP contribution in [-0.4, -0.2) is 32.8 Å². The lowest BCUT2D eigenvalue weighted by Crippen LogP contribution is -2.35. The molecule has 0 amide bonds. The number of pyridine rings is 1. The Hall–Kier alpha value is -1.91. The van der Waals surface area contributed by atoms with Crippen LogP contribution in [0, 0.1) is 6.92 Å². The van der Waals surface area contributed by atoms with Crippen LogP contribution < -0.4 is 4.90 Å². The number of aryl methyl sites for hydroxylation is 2. The topological polar surface area (TPSA) is 46.8 Å². The van der Waals surface area contributed by atoms with Gasteiger partial charge < -0.3 is 9.47 Å². The van der Waals surface area contributed by atoms with Crippen LogP contribution in [0.4, 0.5) is 5.69 Å². The van der Waals surface area contributed by atoms with Gasteiger partial charge in [0.05, 0.1) is 0 Å². The molecule has 1 fully saturated rings. The average Bonchev–Trinajstić information content (AvgIpc) is 2.85. The first-order valence-electron chi connectivity index (χ1n) is 6.75. The molecule has 19 heavy (non-hydrogen) atoms. The van der Waals surface area contributed by atoms with Crippen molar-refractivity contribution in [2.75, 3.05) is 18.0 Å². The lowest BCUT2D eigenvalue weighted by Gasteiger charge is -2.33. The monoisotopic (exact) mass is 257 g/mol. The molecule has 5 nitrogen and oxygen atoms in total. The molecular weight excluding hydrogens is 238 g/mol. The first-order valence-corrected chi connectivity index (χ1v) is 6.75. The van der Waals surface area contributed by atoms with Crippen molar-refractivity contribution in [2.24, 2.45) is 7.05 Å². The molecule has 0 saturated carbocycles. The summed E-state index contributed by atoms with van der Waals surface area (Å²) < 4.78 is 2.03. The van der Waals surface area contributed by atoms with Crippen molar-refractivity contribution in [3.05, 3.63) is 36.2 Å². The second kappa shape index (κ2) is 4.99. The number of nitrogens with zero attached hydrogens (tertiary/aromatic N) is 5. The molecule has 1 unspecified atom stereocenters. The number of piperidine rings is 1. The standard InChI is InChI=1S/C14H19N5/c1-11-8-13(5-6-15-11)19-7-3-4-12(9-19)14-17-16-10-18(14)2/h5-6,8,10,12H,3-4,7,9H2,1-2H3. The number of hydrogen-bond donors (Lipinski definition) is 0. The van der Waals surface area contributed by atoms with Crippen LogP contribution in [0.5, 0.6) is 0 Å². The van der Waals surface area contributed by atoms with Crippen molar-refractivity contribution in [3.63, 3.8) is 0 Å². The lowest BCUT2D eigenvalue weighted by atomic mass is 9.96. The van der Waals surface area contributed by atoms with Gasteiger partial charge in [0.1, 0.15) is 12.2 Å². The van der Waals surface area contributed by atoms with Crippen LogP contribution in [0.15, 0.2) is 24.7 Å². The molecule has 1 saturated heterocycles. The Morgan fingerprint density at radius 2 is 2.26 bits per heavy atom. The quantitative estimate of drug-likeness (QED) is 0.824. The van der Waals surface area contributed by atoms with Crippen LogP contribution in [0.3, 0.4) is 0 Å². The Labute approximate surface area is 113 Å². The van der Waals surface area contributed by atoms with Gasteiger partial charge in [0.25, 0.3) is 0 Å². The van der Waals surface area contributed by atoms with E-state index < -0.39 is 0 Å². The van der Waals surface area contributed by atoms with Gasteiger partial charge in [-0.1, -0.05) is 0 Å². The van der Waals surface area contributed by atoms with Crippen molar-refractivity contribution in [1.82, 2.24) is 19.7 Å². The minimum atomic E-state index is 0.467. The first kappa shape index (κ1) is 12.1. The summed E-state index contributed by atoms with van der Waals surface area (Å²) >= 11 is 0. The zero-order chi connectivity index (χ0) is 13.2. The van der Waals surface area contributed by atoms with Crippen molar-refractivity contribution in [1.29, 1.82) is 0 Å². The third kappa shape index (κ3) is 2.45. The third-order valence-corrected chi connectivity index (χ3v) is 3.78. The van der Waals surface area contributed by atoms with Gasteiger partial charge in [-0.2, -0.15) is 0 Å². The molecule has 3 heterocycles. The Bertz CT molecular complexity index is 562. The summed E-state index contributed by atoms with van der Waals surface area (Å²) in [5.74, 6) is 1.56. The maximum Gasteiger partial charge on any atom is 0.137 e. The second-order valence-electron chi connectivity index (χ2n) is 5.24. The zero-order valence-electron chi connectivity index (χ0n) is 11.5. The molecule has 0 bridgehead atoms. The highest BCUT2D eigenvalue weighted by Gasteiger charge is 2.24. The van der Waals surface area contributed by atoms with Gasteiger partial charge in [-0.05, 0) is 31.9 Å². The Morgan fingerprint density at radius 3 is 3.00 bits per heavy atom. The zero-order valence-corrected chi connectivity index (χ0v) is 11.5. The van der Waals surface area contributed by atoms with E-state index in [1.165, 1.54) is 18.5 Å². The highest BCUT2D eigenvalue weighted by atomic mass is 15.3. The van der Waals surface area contributed by atoms with Crippen LogP contribution >= 0.6 is 0 Å². The van der Waals surface area contributed by atoms with Gasteiger partial charge in [-0.25, -0.2) is 0 Å². The molecule has 2 aromatic heterocycles. The van der Waals surface area contributed by atoms with Gasteiger partial charge in [-0.15, -0.1) is 10.2 Å². The number of anilines is 1. The van der Waals surface area contributed by atoms with Crippen LogP contribution in [0.2, 0.25) is 0 Å². The molecule has 5 heteroatoms. The Morgan fingerprint density at radius 1 is 1.37 bits per heavy atom. The van der Waals surface area contributed by atoms with Gasteiger partial charge in [0, 0.05) is 43.6 Å². The van der Waals surface area contributed by atoms with Crippen LogP contribution in [0.25, 0.3) is 0 Å². The largest absolute Gasteiger partial charge is 0.371 e. The fourth-order valence-electron chi connectivity index (χ4n) is 2.81. The maximum absolute atomic E-state index is 4.26. The third-order valence-electron chi connectivity index (χ3n) is 3.78. The summed E-state index contributed by atoms with van der Waals surface area (Å²) in [4.78, 5) is 6.69. The molecule has 100 valence electrons. The van der Waals surface area contributed by atoms with Gasteiger partial charge in [-0.3, -0.25) is 4.98 Å². The highest BCUT2D eigenvalue weighted by molar-refractivity contribution is 5.47. The minimum absolute atomic E-state index is 0.467. The van der Waals surface area contributed by atoms with Gasteiger partial charge in [0.2, 0.25) is 0 Å². The number of aromatic nitrogens is 4. The summed E-state index contributed by atoms with van der Waals surface area (Å²) in [7, 11) is 2.02. The van der Waals surface area contributed by atoms with Crippen LogP contribution in [-0.2, 0) is 7.05 Å². The van der Waals surface area contributed by atoms with E-state index in [4.69, 9.17) is 0 Å². The smallest absolute Gasteiger partial charge is 0.137 e. The molecule has 0 N–H and O–H groups in total. The molecular formula is C14H19N5. The second-order valence-corrected chi connectivity index (χ2v) is 5.24. The molecule has 3 rings (SSSR count).